The van der Waals surface area contributed by atoms with Gasteiger partial charge in [0.05, 0.1) is 0 Å². The normalized spacial score (nSPS) is 17.6. The fourth-order valence-electron chi connectivity index (χ4n) is 1.91. The molecule has 0 spiro atoms. The van der Waals surface area contributed by atoms with Crippen LogP contribution in [0.15, 0.2) is 22.7 Å². The quantitative estimate of drug-likeness (QED) is 0.912. The van der Waals surface area contributed by atoms with Crippen LogP contribution in [0.2, 0.25) is 0 Å². The molecule has 0 unspecified atom stereocenters. The van der Waals surface area contributed by atoms with Crippen LogP contribution in [-0.2, 0) is 6.54 Å². The summed E-state index contributed by atoms with van der Waals surface area (Å²) in [6.07, 6.45) is 2.63. The standard InChI is InChI=1S/C13H18BrNS/c1-10-2-3-11(8-13(10)14)9-15-12-4-6-16-7-5-12/h2-3,8,12,15H,4-7,9H2,1H3. The highest BCUT2D eigenvalue weighted by molar-refractivity contribution is 9.10. The molecule has 0 bridgehead atoms. The van der Waals surface area contributed by atoms with Gasteiger partial charge >= 0.3 is 0 Å². The lowest BCUT2D eigenvalue weighted by Crippen LogP contribution is -2.32. The molecule has 0 aromatic heterocycles. The van der Waals surface area contributed by atoms with Crippen molar-refractivity contribution in [2.75, 3.05) is 11.5 Å². The molecular weight excluding hydrogens is 282 g/mol. The number of rotatable bonds is 3. The minimum absolute atomic E-state index is 0.723. The van der Waals surface area contributed by atoms with Gasteiger partial charge in [0.25, 0.3) is 0 Å². The molecule has 1 saturated heterocycles. The number of hydrogen-bond acceptors (Lipinski definition) is 2. The van der Waals surface area contributed by atoms with Gasteiger partial charge in [0.2, 0.25) is 0 Å². The van der Waals surface area contributed by atoms with Crippen LogP contribution < -0.4 is 5.32 Å². The molecule has 3 heteroatoms. The summed E-state index contributed by atoms with van der Waals surface area (Å²) in [7, 11) is 0. The average Bonchev–Trinajstić information content (AvgIpc) is 2.32. The van der Waals surface area contributed by atoms with Gasteiger partial charge in [-0.3, -0.25) is 0 Å². The molecule has 1 aliphatic rings. The molecule has 1 N–H and O–H groups in total. The lowest BCUT2D eigenvalue weighted by Gasteiger charge is -2.22. The van der Waals surface area contributed by atoms with Crippen LogP contribution in [0.4, 0.5) is 0 Å². The van der Waals surface area contributed by atoms with Gasteiger partial charge in [0, 0.05) is 17.1 Å². The van der Waals surface area contributed by atoms with Crippen molar-refractivity contribution in [3.8, 4) is 0 Å². The van der Waals surface area contributed by atoms with E-state index in [1.54, 1.807) is 0 Å². The van der Waals surface area contributed by atoms with Crippen LogP contribution in [0.3, 0.4) is 0 Å². The van der Waals surface area contributed by atoms with Crippen LogP contribution >= 0.6 is 27.7 Å². The Hall–Kier alpha value is 0.01000. The first kappa shape index (κ1) is 12.5. The Kier molecular flexibility index (Phi) is 4.74. The van der Waals surface area contributed by atoms with E-state index in [4.69, 9.17) is 0 Å². The summed E-state index contributed by atoms with van der Waals surface area (Å²) < 4.78 is 1.21. The van der Waals surface area contributed by atoms with E-state index in [9.17, 15) is 0 Å². The predicted octanol–water partition coefficient (Wildman–Crippen LogP) is 3.74. The number of hydrogen-bond donors (Lipinski definition) is 1. The molecule has 88 valence electrons. The van der Waals surface area contributed by atoms with Gasteiger partial charge < -0.3 is 5.32 Å². The number of benzene rings is 1. The monoisotopic (exact) mass is 299 g/mol. The highest BCUT2D eigenvalue weighted by Crippen LogP contribution is 2.19. The van der Waals surface area contributed by atoms with Crippen molar-refractivity contribution in [1.82, 2.24) is 5.32 Å². The van der Waals surface area contributed by atoms with Gasteiger partial charge in [-0.1, -0.05) is 28.1 Å². The summed E-state index contributed by atoms with van der Waals surface area (Å²) in [6.45, 7) is 3.12. The van der Waals surface area contributed by atoms with Gasteiger partial charge in [0.1, 0.15) is 0 Å². The number of halogens is 1. The molecule has 2 rings (SSSR count). The minimum atomic E-state index is 0.723. The maximum atomic E-state index is 3.65. The van der Waals surface area contributed by atoms with Crippen molar-refractivity contribution in [1.29, 1.82) is 0 Å². The second kappa shape index (κ2) is 6.08. The zero-order valence-corrected chi connectivity index (χ0v) is 12.0. The van der Waals surface area contributed by atoms with E-state index in [1.165, 1.54) is 39.9 Å². The molecule has 0 aliphatic carbocycles. The first-order valence-electron chi connectivity index (χ1n) is 5.82. The highest BCUT2D eigenvalue weighted by Gasteiger charge is 2.12. The van der Waals surface area contributed by atoms with Crippen molar-refractivity contribution < 1.29 is 0 Å². The van der Waals surface area contributed by atoms with E-state index in [0.29, 0.717) is 0 Å². The van der Waals surface area contributed by atoms with Crippen LogP contribution in [-0.4, -0.2) is 17.5 Å². The second-order valence-corrected chi connectivity index (χ2v) is 6.43. The lowest BCUT2D eigenvalue weighted by molar-refractivity contribution is 0.482. The molecule has 0 amide bonds. The highest BCUT2D eigenvalue weighted by atomic mass is 79.9. The zero-order chi connectivity index (χ0) is 11.4. The van der Waals surface area contributed by atoms with Crippen molar-refractivity contribution in [3.63, 3.8) is 0 Å². The molecule has 1 aliphatic heterocycles. The summed E-state index contributed by atoms with van der Waals surface area (Å²) in [6, 6.07) is 7.34. The van der Waals surface area contributed by atoms with Gasteiger partial charge in [-0.05, 0) is 48.5 Å². The number of nitrogens with one attached hydrogen (secondary N) is 1. The smallest absolute Gasteiger partial charge is 0.0208 e. The topological polar surface area (TPSA) is 12.0 Å². The van der Waals surface area contributed by atoms with Crippen LogP contribution in [0.5, 0.6) is 0 Å². The van der Waals surface area contributed by atoms with E-state index < -0.39 is 0 Å². The van der Waals surface area contributed by atoms with Gasteiger partial charge in [-0.2, -0.15) is 11.8 Å². The first-order valence-corrected chi connectivity index (χ1v) is 7.76. The Labute approximate surface area is 111 Å². The Morgan fingerprint density at radius 3 is 2.81 bits per heavy atom. The van der Waals surface area contributed by atoms with Crippen LogP contribution in [0, 0.1) is 6.92 Å². The molecule has 0 saturated carbocycles. The summed E-state index contributed by atoms with van der Waals surface area (Å²) in [5.41, 5.74) is 2.67. The van der Waals surface area contributed by atoms with Crippen molar-refractivity contribution in [2.24, 2.45) is 0 Å². The summed E-state index contributed by atoms with van der Waals surface area (Å²) in [4.78, 5) is 0. The average molecular weight is 300 g/mol. The minimum Gasteiger partial charge on any atom is -0.310 e. The molecule has 1 nitrogen and oxygen atoms in total. The third-order valence-electron chi connectivity index (χ3n) is 3.05. The second-order valence-electron chi connectivity index (χ2n) is 4.35. The van der Waals surface area contributed by atoms with Gasteiger partial charge in [-0.25, -0.2) is 0 Å². The van der Waals surface area contributed by atoms with E-state index in [-0.39, 0.29) is 0 Å². The van der Waals surface area contributed by atoms with Gasteiger partial charge in [0.15, 0.2) is 0 Å². The lowest BCUT2D eigenvalue weighted by atomic mass is 10.1. The van der Waals surface area contributed by atoms with Crippen molar-refractivity contribution >= 4 is 27.7 Å². The van der Waals surface area contributed by atoms with E-state index in [1.807, 2.05) is 0 Å². The molecule has 0 radical (unpaired) electrons. The number of thioether (sulfide) groups is 1. The molecule has 1 heterocycles. The zero-order valence-electron chi connectivity index (χ0n) is 9.63. The molecule has 16 heavy (non-hydrogen) atoms. The van der Waals surface area contributed by atoms with E-state index in [0.717, 1.165) is 12.6 Å². The maximum Gasteiger partial charge on any atom is 0.0208 e. The first-order chi connectivity index (χ1) is 7.75. The molecule has 0 atom stereocenters. The van der Waals surface area contributed by atoms with Crippen LogP contribution in [0.1, 0.15) is 24.0 Å². The Morgan fingerprint density at radius 1 is 1.38 bits per heavy atom. The molecule has 1 aromatic carbocycles. The SMILES string of the molecule is Cc1ccc(CNC2CCSCC2)cc1Br. The summed E-state index contributed by atoms with van der Waals surface area (Å²) in [5, 5.41) is 3.65. The molecular formula is C13H18BrNS. The maximum absolute atomic E-state index is 3.65. The van der Waals surface area contributed by atoms with E-state index in [2.05, 4.69) is 58.1 Å². The fourth-order valence-corrected chi connectivity index (χ4v) is 3.44. The predicted molar refractivity (Wildman–Crippen MR) is 76.1 cm³/mol. The summed E-state index contributed by atoms with van der Waals surface area (Å²) >= 11 is 5.66. The molecule has 1 fully saturated rings. The van der Waals surface area contributed by atoms with Crippen molar-refractivity contribution in [3.05, 3.63) is 33.8 Å². The van der Waals surface area contributed by atoms with Gasteiger partial charge in [-0.15, -0.1) is 0 Å². The van der Waals surface area contributed by atoms with Crippen molar-refractivity contribution in [2.45, 2.75) is 32.4 Å². The summed E-state index contributed by atoms with van der Waals surface area (Å²) in [5.74, 6) is 2.63. The van der Waals surface area contributed by atoms with E-state index >= 15 is 0 Å². The van der Waals surface area contributed by atoms with Crippen LogP contribution in [0.25, 0.3) is 0 Å². The Morgan fingerprint density at radius 2 is 2.12 bits per heavy atom. The Bertz CT molecular complexity index is 348. The largest absolute Gasteiger partial charge is 0.310 e. The fraction of sp³-hybridized carbons (Fsp3) is 0.538. The third kappa shape index (κ3) is 3.51. The molecule has 1 aromatic rings. The number of aryl methyl sites for hydroxylation is 1. The third-order valence-corrected chi connectivity index (χ3v) is 4.96. The Balaban J connectivity index is 1.86.